The lowest BCUT2D eigenvalue weighted by Gasteiger charge is -2.20. The van der Waals surface area contributed by atoms with E-state index in [-0.39, 0.29) is 35.6 Å². The molecule has 170 valence electrons. The van der Waals surface area contributed by atoms with Crippen molar-refractivity contribution in [3.63, 3.8) is 0 Å². The van der Waals surface area contributed by atoms with Crippen LogP contribution in [0.3, 0.4) is 0 Å². The highest BCUT2D eigenvalue weighted by atomic mass is 127. The number of rotatable bonds is 9. The molecule has 7 nitrogen and oxygen atoms in total. The monoisotopic (exact) mass is 550 g/mol. The van der Waals surface area contributed by atoms with Gasteiger partial charge in [-0.25, -0.2) is 13.4 Å². The van der Waals surface area contributed by atoms with Crippen molar-refractivity contribution in [1.82, 2.24) is 15.5 Å². The average Bonchev–Trinajstić information content (AvgIpc) is 2.87. The lowest BCUT2D eigenvalue weighted by Crippen LogP contribution is -2.39. The van der Waals surface area contributed by atoms with Crippen LogP contribution >= 0.6 is 24.0 Å². The van der Waals surface area contributed by atoms with Crippen molar-refractivity contribution >= 4 is 45.7 Å². The van der Waals surface area contributed by atoms with E-state index in [1.807, 2.05) is 36.1 Å². The van der Waals surface area contributed by atoms with Crippen molar-refractivity contribution in [2.24, 2.45) is 4.99 Å². The quantitative estimate of drug-likeness (QED) is 0.214. The molecule has 0 unspecified atom stereocenters. The molecule has 1 heterocycles. The largest absolute Gasteiger partial charge is 0.357 e. The van der Waals surface area contributed by atoms with Crippen molar-refractivity contribution in [3.05, 3.63) is 35.4 Å². The van der Waals surface area contributed by atoms with E-state index in [4.69, 9.17) is 0 Å². The summed E-state index contributed by atoms with van der Waals surface area (Å²) < 4.78 is 22.7. The van der Waals surface area contributed by atoms with Crippen molar-refractivity contribution in [2.75, 3.05) is 32.4 Å². The number of carbonyl (C=O) groups excluding carboxylic acids is 1. The predicted octanol–water partition coefficient (Wildman–Crippen LogP) is 2.70. The van der Waals surface area contributed by atoms with Gasteiger partial charge in [-0.05, 0) is 37.3 Å². The summed E-state index contributed by atoms with van der Waals surface area (Å²) in [5, 5.41) is 6.56. The van der Waals surface area contributed by atoms with E-state index in [1.165, 1.54) is 6.26 Å². The third-order valence-corrected chi connectivity index (χ3v) is 5.64. The first kappa shape index (κ1) is 26.7. The van der Waals surface area contributed by atoms with Gasteiger partial charge < -0.3 is 15.5 Å². The number of nitrogens with one attached hydrogen (secondary N) is 2. The van der Waals surface area contributed by atoms with Crippen LogP contribution in [0.4, 0.5) is 0 Å². The fourth-order valence-corrected chi connectivity index (χ4v) is 4.11. The number of hydrogen-bond acceptors (Lipinski definition) is 4. The van der Waals surface area contributed by atoms with Gasteiger partial charge >= 0.3 is 0 Å². The smallest absolute Gasteiger partial charge is 0.222 e. The molecule has 0 radical (unpaired) electrons. The van der Waals surface area contributed by atoms with Gasteiger partial charge in [-0.1, -0.05) is 30.7 Å². The maximum Gasteiger partial charge on any atom is 0.222 e. The standard InChI is InChI=1S/C21H34N4O3S.HI/c1-3-22-21(23-13-7-15-25-14-6-4-5-8-20(25)26)24-16-18-9-11-19(12-10-18)17-29(2,27)28;/h9-12H,3-8,13-17H2,1-2H3,(H2,22,23,24);1H. The predicted molar refractivity (Wildman–Crippen MR) is 133 cm³/mol. The summed E-state index contributed by atoms with van der Waals surface area (Å²) in [6, 6.07) is 7.51. The number of guanidine groups is 1. The van der Waals surface area contributed by atoms with Gasteiger partial charge in [0.1, 0.15) is 0 Å². The molecule has 1 fully saturated rings. The molecule has 1 aliphatic rings. The first-order valence-corrected chi connectivity index (χ1v) is 12.5. The third-order valence-electron chi connectivity index (χ3n) is 4.78. The molecule has 0 aliphatic carbocycles. The van der Waals surface area contributed by atoms with Crippen LogP contribution in [-0.2, 0) is 26.9 Å². The molecule has 0 saturated carbocycles. The van der Waals surface area contributed by atoms with Crippen molar-refractivity contribution in [3.8, 4) is 0 Å². The Morgan fingerprint density at radius 2 is 1.80 bits per heavy atom. The number of benzene rings is 1. The third kappa shape index (κ3) is 10.6. The zero-order chi connectivity index (χ0) is 21.1. The van der Waals surface area contributed by atoms with E-state index in [0.717, 1.165) is 68.9 Å². The number of amides is 1. The number of likely N-dealkylation sites (tertiary alicyclic amines) is 1. The molecular formula is C21H35IN4O3S. The van der Waals surface area contributed by atoms with Crippen molar-refractivity contribution < 1.29 is 13.2 Å². The number of aliphatic imine (C=N–C) groups is 1. The highest BCUT2D eigenvalue weighted by Crippen LogP contribution is 2.11. The van der Waals surface area contributed by atoms with E-state index in [1.54, 1.807) is 0 Å². The van der Waals surface area contributed by atoms with Gasteiger partial charge in [0.15, 0.2) is 15.8 Å². The van der Waals surface area contributed by atoms with E-state index in [0.29, 0.717) is 13.0 Å². The molecule has 1 aliphatic heterocycles. The molecule has 2 rings (SSSR count). The van der Waals surface area contributed by atoms with Crippen LogP contribution in [0, 0.1) is 0 Å². The van der Waals surface area contributed by atoms with Gasteiger partial charge in [0.05, 0.1) is 12.3 Å². The number of nitrogens with zero attached hydrogens (tertiary/aromatic N) is 2. The fourth-order valence-electron chi connectivity index (χ4n) is 3.31. The van der Waals surface area contributed by atoms with Crippen LogP contribution in [0.25, 0.3) is 0 Å². The van der Waals surface area contributed by atoms with E-state index >= 15 is 0 Å². The highest BCUT2D eigenvalue weighted by Gasteiger charge is 2.15. The molecule has 9 heteroatoms. The van der Waals surface area contributed by atoms with E-state index in [2.05, 4.69) is 15.6 Å². The lowest BCUT2D eigenvalue weighted by atomic mass is 10.1. The van der Waals surface area contributed by atoms with Crippen LogP contribution in [0.5, 0.6) is 0 Å². The Morgan fingerprint density at radius 1 is 1.10 bits per heavy atom. The summed E-state index contributed by atoms with van der Waals surface area (Å²) in [6.07, 6.45) is 6.07. The second kappa shape index (κ2) is 13.8. The second-order valence-corrected chi connectivity index (χ2v) is 9.69. The van der Waals surface area contributed by atoms with Crippen molar-refractivity contribution in [2.45, 2.75) is 51.3 Å². The fraction of sp³-hybridized carbons (Fsp3) is 0.619. The minimum Gasteiger partial charge on any atom is -0.357 e. The average molecular weight is 551 g/mol. The summed E-state index contributed by atoms with van der Waals surface area (Å²) in [4.78, 5) is 18.6. The molecule has 2 N–H and O–H groups in total. The molecule has 1 aromatic carbocycles. The van der Waals surface area contributed by atoms with Crippen LogP contribution in [0.15, 0.2) is 29.3 Å². The summed E-state index contributed by atoms with van der Waals surface area (Å²) in [6.45, 7) is 5.72. The Labute approximate surface area is 198 Å². The minimum absolute atomic E-state index is 0. The number of sulfone groups is 1. The Balaban J connectivity index is 0.00000450. The van der Waals surface area contributed by atoms with Gasteiger partial charge in [-0.3, -0.25) is 4.79 Å². The van der Waals surface area contributed by atoms with Crippen LogP contribution in [0.2, 0.25) is 0 Å². The van der Waals surface area contributed by atoms with Gasteiger partial charge in [0.25, 0.3) is 0 Å². The zero-order valence-electron chi connectivity index (χ0n) is 18.0. The summed E-state index contributed by atoms with van der Waals surface area (Å²) >= 11 is 0. The van der Waals surface area contributed by atoms with Gasteiger partial charge in [0, 0.05) is 38.9 Å². The summed E-state index contributed by atoms with van der Waals surface area (Å²) in [5.41, 5.74) is 1.81. The van der Waals surface area contributed by atoms with Crippen molar-refractivity contribution in [1.29, 1.82) is 0 Å². The second-order valence-electron chi connectivity index (χ2n) is 7.55. The lowest BCUT2D eigenvalue weighted by molar-refractivity contribution is -0.130. The first-order valence-electron chi connectivity index (χ1n) is 10.4. The molecule has 1 saturated heterocycles. The molecule has 30 heavy (non-hydrogen) atoms. The SMILES string of the molecule is CCNC(=NCc1ccc(CS(C)(=O)=O)cc1)NCCCN1CCCCCC1=O.I. The first-order chi connectivity index (χ1) is 13.9. The van der Waals surface area contributed by atoms with Gasteiger partial charge in [0.2, 0.25) is 5.91 Å². The summed E-state index contributed by atoms with van der Waals surface area (Å²) in [7, 11) is -3.02. The number of halogens is 1. The molecule has 0 aromatic heterocycles. The Morgan fingerprint density at radius 3 is 2.47 bits per heavy atom. The Hall–Kier alpha value is -1.36. The number of carbonyl (C=O) groups is 1. The maximum absolute atomic E-state index is 12.0. The molecule has 1 aromatic rings. The molecular weight excluding hydrogens is 515 g/mol. The summed E-state index contributed by atoms with van der Waals surface area (Å²) in [5.74, 6) is 1.08. The molecule has 1 amide bonds. The number of hydrogen-bond donors (Lipinski definition) is 2. The van der Waals surface area contributed by atoms with Gasteiger partial charge in [-0.2, -0.15) is 0 Å². The van der Waals surface area contributed by atoms with E-state index < -0.39 is 9.84 Å². The van der Waals surface area contributed by atoms with Gasteiger partial charge in [-0.15, -0.1) is 24.0 Å². The zero-order valence-corrected chi connectivity index (χ0v) is 21.2. The van der Waals surface area contributed by atoms with Crippen LogP contribution in [0.1, 0.15) is 50.2 Å². The Kier molecular flexibility index (Phi) is 12.3. The minimum atomic E-state index is -3.02. The molecule has 0 spiro atoms. The maximum atomic E-state index is 12.0. The van der Waals surface area contributed by atoms with E-state index in [9.17, 15) is 13.2 Å². The normalized spacial score (nSPS) is 15.3. The molecule has 0 atom stereocenters. The highest BCUT2D eigenvalue weighted by molar-refractivity contribution is 14.0. The van der Waals surface area contributed by atoms with Crippen LogP contribution < -0.4 is 10.6 Å². The topological polar surface area (TPSA) is 90.9 Å². The Bertz CT molecular complexity index is 782. The molecule has 0 bridgehead atoms. The van der Waals surface area contributed by atoms with Crippen LogP contribution in [-0.4, -0.2) is 57.6 Å².